The van der Waals surface area contributed by atoms with Gasteiger partial charge in [-0.15, -0.1) is 0 Å². The summed E-state index contributed by atoms with van der Waals surface area (Å²) in [6, 6.07) is 68.4. The summed E-state index contributed by atoms with van der Waals surface area (Å²) >= 11 is 0. The highest BCUT2D eigenvalue weighted by Crippen LogP contribution is 2.64. The molecule has 8 aromatic carbocycles. The second-order valence-electron chi connectivity index (χ2n) is 15.5. The molecule has 0 aliphatic heterocycles. The van der Waals surface area contributed by atoms with Crippen LogP contribution in [0.3, 0.4) is 0 Å². The van der Waals surface area contributed by atoms with Gasteiger partial charge in [0.25, 0.3) is 0 Å². The Hall–Kier alpha value is -6.44. The van der Waals surface area contributed by atoms with E-state index in [0.29, 0.717) is 0 Å². The van der Waals surface area contributed by atoms with E-state index in [-0.39, 0.29) is 0 Å². The first-order valence-electron chi connectivity index (χ1n) is 19.8. The maximum absolute atomic E-state index is 2.57. The molecule has 0 bridgehead atoms. The van der Waals surface area contributed by atoms with Crippen LogP contribution in [-0.4, -0.2) is 0 Å². The molecule has 1 nitrogen and oxygen atoms in total. The van der Waals surface area contributed by atoms with Crippen LogP contribution in [0, 0.1) is 6.92 Å². The molecule has 0 fully saturated rings. The summed E-state index contributed by atoms with van der Waals surface area (Å²) in [5.41, 5.74) is 23.2. The van der Waals surface area contributed by atoms with Crippen LogP contribution in [0.4, 0.5) is 17.1 Å². The van der Waals surface area contributed by atoms with Crippen LogP contribution in [0.5, 0.6) is 0 Å². The van der Waals surface area contributed by atoms with Crippen molar-refractivity contribution in [3.8, 4) is 44.5 Å². The van der Waals surface area contributed by atoms with Crippen LogP contribution in [0.1, 0.15) is 51.8 Å². The van der Waals surface area contributed by atoms with E-state index in [2.05, 4.69) is 194 Å². The highest BCUT2D eigenvalue weighted by molar-refractivity contribution is 6.00. The van der Waals surface area contributed by atoms with Gasteiger partial charge >= 0.3 is 0 Å². The topological polar surface area (TPSA) is 3.24 Å². The molecule has 0 saturated heterocycles. The van der Waals surface area contributed by atoms with Gasteiger partial charge in [0.05, 0.1) is 11.1 Å². The minimum atomic E-state index is -0.434. The number of hydrogen-bond acceptors (Lipinski definition) is 1. The number of rotatable bonds is 5. The van der Waals surface area contributed by atoms with Gasteiger partial charge in [0.2, 0.25) is 0 Å². The summed E-state index contributed by atoms with van der Waals surface area (Å²) in [7, 11) is 0. The van der Waals surface area contributed by atoms with Crippen molar-refractivity contribution in [2.24, 2.45) is 0 Å². The number of anilines is 3. The Kier molecular flexibility index (Phi) is 7.32. The molecular weight excluding hydrogens is 663 g/mol. The summed E-state index contributed by atoms with van der Waals surface area (Å²) in [4.78, 5) is 2.51. The van der Waals surface area contributed by atoms with Crippen LogP contribution < -0.4 is 4.90 Å². The normalized spacial score (nSPS) is 14.1. The second kappa shape index (κ2) is 12.6. The van der Waals surface area contributed by atoms with Gasteiger partial charge in [-0.3, -0.25) is 0 Å². The zero-order valence-electron chi connectivity index (χ0n) is 31.1. The van der Waals surface area contributed by atoms with Crippen molar-refractivity contribution < 1.29 is 0 Å². The van der Waals surface area contributed by atoms with E-state index in [1.807, 2.05) is 0 Å². The van der Waals surface area contributed by atoms with E-state index in [1.165, 1.54) is 108 Å². The summed E-state index contributed by atoms with van der Waals surface area (Å²) < 4.78 is 0. The molecule has 1 heteroatoms. The zero-order chi connectivity index (χ0) is 36.5. The van der Waals surface area contributed by atoms with Gasteiger partial charge in [-0.2, -0.15) is 0 Å². The Balaban J connectivity index is 1.24. The lowest BCUT2D eigenvalue weighted by Crippen LogP contribution is -2.26. The zero-order valence-corrected chi connectivity index (χ0v) is 31.1. The smallest absolute Gasteiger partial charge is 0.0726 e. The lowest BCUT2D eigenvalue weighted by atomic mass is 9.70. The minimum absolute atomic E-state index is 0.434. The lowest BCUT2D eigenvalue weighted by molar-refractivity contribution is 0.685. The second-order valence-corrected chi connectivity index (χ2v) is 15.5. The molecule has 0 aromatic heterocycles. The molecule has 0 unspecified atom stereocenters. The molecule has 3 aliphatic carbocycles. The van der Waals surface area contributed by atoms with Crippen LogP contribution in [0.2, 0.25) is 0 Å². The van der Waals surface area contributed by atoms with E-state index < -0.39 is 5.41 Å². The summed E-state index contributed by atoms with van der Waals surface area (Å²) in [6.07, 6.45) is 4.85. The van der Waals surface area contributed by atoms with E-state index in [1.54, 1.807) is 0 Å². The summed E-state index contributed by atoms with van der Waals surface area (Å²) in [5.74, 6) is 0. The third kappa shape index (κ3) is 4.79. The average molecular weight is 704 g/mol. The highest BCUT2D eigenvalue weighted by Gasteiger charge is 2.52. The predicted octanol–water partition coefficient (Wildman–Crippen LogP) is 14.0. The Labute approximate surface area is 324 Å². The first-order valence-corrected chi connectivity index (χ1v) is 19.8. The van der Waals surface area contributed by atoms with Gasteiger partial charge in [0.15, 0.2) is 0 Å². The maximum Gasteiger partial charge on any atom is 0.0726 e. The molecule has 3 aliphatic rings. The number of fused-ring (bicyclic) bond motifs is 11. The quantitative estimate of drug-likeness (QED) is 0.172. The Bertz CT molecular complexity index is 2710. The third-order valence-corrected chi connectivity index (χ3v) is 12.6. The monoisotopic (exact) mass is 703 g/mol. The molecule has 0 radical (unpaired) electrons. The Morgan fingerprint density at radius 3 is 1.49 bits per heavy atom. The largest absolute Gasteiger partial charge is 0.310 e. The lowest BCUT2D eigenvalue weighted by Gasteiger charge is -2.33. The molecule has 55 heavy (non-hydrogen) atoms. The van der Waals surface area contributed by atoms with Gasteiger partial charge in [0.1, 0.15) is 0 Å². The van der Waals surface area contributed by atoms with Gasteiger partial charge in [-0.25, -0.2) is 0 Å². The van der Waals surface area contributed by atoms with E-state index in [9.17, 15) is 0 Å². The number of benzene rings is 8. The number of nitrogens with zero attached hydrogens (tertiary/aromatic N) is 1. The SMILES string of the molecule is Cc1cc2c(cc1-c1cc3c(cc1N(c1ccccc1)c1ccc(-c4ccccc4)cc1)C1(c4ccccc4-c4ccccc41)c1ccccc1-3)CCCC2. The summed E-state index contributed by atoms with van der Waals surface area (Å²) in [6.45, 7) is 2.32. The standard InChI is InChI=1S/C54H41N/c1-36-32-39-18-8-9-19-40(39)33-46(36)48-34-47-45-24-12-15-27-51(45)54(49-25-13-10-22-43(49)44-23-11-14-26-50(44)54)52(47)35-53(48)55(41-20-6-3-7-21-41)42-30-28-38(29-31-42)37-16-4-2-5-17-37/h2-7,10-17,20-35H,8-9,18-19H2,1H3. The van der Waals surface area contributed by atoms with Crippen molar-refractivity contribution >= 4 is 17.1 Å². The fourth-order valence-corrected chi connectivity index (χ4v) is 10.2. The van der Waals surface area contributed by atoms with Crippen LogP contribution in [0.25, 0.3) is 44.5 Å². The first-order chi connectivity index (χ1) is 27.2. The molecule has 1 spiro atoms. The van der Waals surface area contributed by atoms with Crippen molar-refractivity contribution in [3.05, 3.63) is 221 Å². The molecule has 0 saturated carbocycles. The van der Waals surface area contributed by atoms with Gasteiger partial charge < -0.3 is 4.90 Å². The van der Waals surface area contributed by atoms with Crippen LogP contribution in [0.15, 0.2) is 182 Å². The maximum atomic E-state index is 2.57. The van der Waals surface area contributed by atoms with Crippen LogP contribution >= 0.6 is 0 Å². The number of hydrogen-bond donors (Lipinski definition) is 0. The third-order valence-electron chi connectivity index (χ3n) is 12.6. The van der Waals surface area contributed by atoms with Crippen molar-refractivity contribution in [2.75, 3.05) is 4.90 Å². The molecule has 0 amide bonds. The molecular formula is C54H41N. The van der Waals surface area contributed by atoms with Gasteiger partial charge in [0, 0.05) is 16.9 Å². The summed E-state index contributed by atoms with van der Waals surface area (Å²) in [5, 5.41) is 0. The minimum Gasteiger partial charge on any atom is -0.310 e. The fourth-order valence-electron chi connectivity index (χ4n) is 10.2. The highest BCUT2D eigenvalue weighted by atomic mass is 15.1. The Morgan fingerprint density at radius 1 is 0.382 bits per heavy atom. The molecule has 11 rings (SSSR count). The van der Waals surface area contributed by atoms with Crippen molar-refractivity contribution in [3.63, 3.8) is 0 Å². The average Bonchev–Trinajstić information content (AvgIpc) is 3.71. The first kappa shape index (κ1) is 32.0. The molecule has 0 atom stereocenters. The Morgan fingerprint density at radius 2 is 0.873 bits per heavy atom. The van der Waals surface area contributed by atoms with Gasteiger partial charge in [-0.05, 0) is 147 Å². The predicted molar refractivity (Wildman–Crippen MR) is 230 cm³/mol. The van der Waals surface area contributed by atoms with E-state index in [0.717, 1.165) is 17.8 Å². The van der Waals surface area contributed by atoms with Crippen molar-refractivity contribution in [1.29, 1.82) is 0 Å². The van der Waals surface area contributed by atoms with Crippen LogP contribution in [-0.2, 0) is 18.3 Å². The molecule has 8 aromatic rings. The van der Waals surface area contributed by atoms with Crippen molar-refractivity contribution in [1.82, 2.24) is 0 Å². The number of para-hydroxylation sites is 1. The van der Waals surface area contributed by atoms with E-state index >= 15 is 0 Å². The fraction of sp³-hybridized carbons (Fsp3) is 0.111. The van der Waals surface area contributed by atoms with E-state index in [4.69, 9.17) is 0 Å². The molecule has 262 valence electrons. The molecule has 0 N–H and O–H groups in total. The molecule has 0 heterocycles. The van der Waals surface area contributed by atoms with Gasteiger partial charge in [-0.1, -0.05) is 146 Å². The van der Waals surface area contributed by atoms with Crippen molar-refractivity contribution in [2.45, 2.75) is 38.0 Å². The number of aryl methyl sites for hydroxylation is 3.